The van der Waals surface area contributed by atoms with Crippen LogP contribution < -0.4 is 9.62 Å². The fourth-order valence-electron chi connectivity index (χ4n) is 2.61. The van der Waals surface area contributed by atoms with E-state index in [1.165, 1.54) is 36.5 Å². The predicted octanol–water partition coefficient (Wildman–Crippen LogP) is 4.31. The molecule has 0 bridgehead atoms. The maximum absolute atomic E-state index is 12.7. The minimum absolute atomic E-state index is 0.182. The van der Waals surface area contributed by atoms with E-state index in [2.05, 4.69) is 15.5 Å². The number of nitrogens with zero attached hydrogens (tertiary/aromatic N) is 3. The molecule has 3 aromatic rings. The first-order valence-electron chi connectivity index (χ1n) is 8.31. The largest absolute Gasteiger partial charge is 0.299 e. The molecule has 0 spiro atoms. The lowest BCUT2D eigenvalue weighted by Crippen LogP contribution is -2.45. The highest BCUT2D eigenvalue weighted by molar-refractivity contribution is 7.92. The molecule has 0 aliphatic carbocycles. The van der Waals surface area contributed by atoms with Crippen molar-refractivity contribution in [3.05, 3.63) is 58.6 Å². The fraction of sp³-hybridized carbons (Fsp3) is 0.167. The molecule has 1 atom stereocenters. The number of amides is 1. The van der Waals surface area contributed by atoms with Crippen LogP contribution in [0.15, 0.2) is 48.5 Å². The first kappa shape index (κ1) is 21.5. The number of carbonyl (C=O) groups excluding carboxylic acids is 1. The van der Waals surface area contributed by atoms with E-state index in [9.17, 15) is 13.2 Å². The molecule has 1 N–H and O–H groups in total. The Hall–Kier alpha value is -2.20. The number of hydrogen-bond donors (Lipinski definition) is 1. The van der Waals surface area contributed by atoms with E-state index in [1.54, 1.807) is 0 Å². The van der Waals surface area contributed by atoms with Gasteiger partial charge in [0, 0.05) is 5.56 Å². The summed E-state index contributed by atoms with van der Waals surface area (Å²) in [5, 5.41) is 12.0. The molecule has 29 heavy (non-hydrogen) atoms. The second kappa shape index (κ2) is 8.66. The van der Waals surface area contributed by atoms with Crippen LogP contribution in [0.2, 0.25) is 10.0 Å². The Morgan fingerprint density at radius 3 is 2.41 bits per heavy atom. The van der Waals surface area contributed by atoms with Crippen molar-refractivity contribution in [1.29, 1.82) is 0 Å². The van der Waals surface area contributed by atoms with Crippen molar-refractivity contribution in [2.75, 3.05) is 15.9 Å². The lowest BCUT2D eigenvalue weighted by atomic mass is 10.2. The van der Waals surface area contributed by atoms with Gasteiger partial charge in [0.15, 0.2) is 0 Å². The van der Waals surface area contributed by atoms with E-state index in [4.69, 9.17) is 23.2 Å². The number of rotatable bonds is 6. The number of carbonyl (C=O) groups is 1. The van der Waals surface area contributed by atoms with Crippen LogP contribution in [0.5, 0.6) is 0 Å². The van der Waals surface area contributed by atoms with Crippen molar-refractivity contribution < 1.29 is 13.2 Å². The second-order valence-corrected chi connectivity index (χ2v) is 9.75. The molecule has 1 heterocycles. The molecular formula is C18H16Cl2N4O3S2. The smallest absolute Gasteiger partial charge is 0.249 e. The number of aromatic nitrogens is 2. The lowest BCUT2D eigenvalue weighted by molar-refractivity contribution is -0.116. The normalized spacial score (nSPS) is 12.4. The minimum Gasteiger partial charge on any atom is -0.299 e. The second-order valence-electron chi connectivity index (χ2n) is 6.10. The van der Waals surface area contributed by atoms with Gasteiger partial charge in [0.2, 0.25) is 21.1 Å². The van der Waals surface area contributed by atoms with Crippen LogP contribution in [0.25, 0.3) is 10.6 Å². The summed E-state index contributed by atoms with van der Waals surface area (Å²) in [5.41, 5.74) is 1.10. The zero-order valence-electron chi connectivity index (χ0n) is 15.3. The van der Waals surface area contributed by atoms with Crippen LogP contribution in [0.1, 0.15) is 6.92 Å². The number of hydrogen-bond acceptors (Lipinski definition) is 6. The third kappa shape index (κ3) is 5.05. The summed E-state index contributed by atoms with van der Waals surface area (Å²) in [6.45, 7) is 1.47. The van der Waals surface area contributed by atoms with Gasteiger partial charge in [-0.2, -0.15) is 0 Å². The molecule has 152 valence electrons. The van der Waals surface area contributed by atoms with Crippen LogP contribution in [-0.4, -0.2) is 36.8 Å². The number of nitrogens with one attached hydrogen (secondary N) is 1. The Morgan fingerprint density at radius 2 is 1.79 bits per heavy atom. The van der Waals surface area contributed by atoms with Crippen LogP contribution in [-0.2, 0) is 14.8 Å². The Morgan fingerprint density at radius 1 is 1.10 bits per heavy atom. The van der Waals surface area contributed by atoms with E-state index in [-0.39, 0.29) is 20.9 Å². The summed E-state index contributed by atoms with van der Waals surface area (Å²) in [5.74, 6) is -0.558. The molecule has 1 amide bonds. The fourth-order valence-corrected chi connectivity index (χ4v) is 4.82. The van der Waals surface area contributed by atoms with E-state index in [0.717, 1.165) is 16.1 Å². The maximum Gasteiger partial charge on any atom is 0.249 e. The van der Waals surface area contributed by atoms with Crippen molar-refractivity contribution >= 4 is 61.3 Å². The van der Waals surface area contributed by atoms with Crippen molar-refractivity contribution in [3.8, 4) is 10.6 Å². The SMILES string of the molecule is C[C@@H](C(=O)Nc1nnc(-c2ccccc2)s1)N(c1ccc(Cl)c(Cl)c1)S(C)(=O)=O. The van der Waals surface area contributed by atoms with E-state index in [1.807, 2.05) is 30.3 Å². The van der Waals surface area contributed by atoms with Crippen molar-refractivity contribution in [3.63, 3.8) is 0 Å². The van der Waals surface area contributed by atoms with Crippen LogP contribution in [0.4, 0.5) is 10.8 Å². The molecule has 11 heteroatoms. The van der Waals surface area contributed by atoms with Gasteiger partial charge >= 0.3 is 0 Å². The zero-order chi connectivity index (χ0) is 21.2. The third-order valence-electron chi connectivity index (χ3n) is 3.92. The van der Waals surface area contributed by atoms with Gasteiger partial charge in [-0.3, -0.25) is 14.4 Å². The molecular weight excluding hydrogens is 455 g/mol. The molecule has 0 unspecified atom stereocenters. The van der Waals surface area contributed by atoms with Crippen molar-refractivity contribution in [2.45, 2.75) is 13.0 Å². The lowest BCUT2D eigenvalue weighted by Gasteiger charge is -2.28. The van der Waals surface area contributed by atoms with E-state index in [0.29, 0.717) is 5.01 Å². The minimum atomic E-state index is -3.78. The highest BCUT2D eigenvalue weighted by atomic mass is 35.5. The molecule has 1 aromatic heterocycles. The Bertz CT molecular complexity index is 1140. The number of halogens is 2. The summed E-state index contributed by atoms with van der Waals surface area (Å²) < 4.78 is 25.7. The van der Waals surface area contributed by atoms with Gasteiger partial charge in [0.1, 0.15) is 11.0 Å². The van der Waals surface area contributed by atoms with Gasteiger partial charge in [-0.15, -0.1) is 10.2 Å². The summed E-state index contributed by atoms with van der Waals surface area (Å²) in [7, 11) is -3.78. The van der Waals surface area contributed by atoms with Gasteiger partial charge in [0.25, 0.3) is 0 Å². The molecule has 2 aromatic carbocycles. The van der Waals surface area contributed by atoms with Gasteiger partial charge in [-0.25, -0.2) is 8.42 Å². The molecule has 0 fully saturated rings. The number of anilines is 2. The molecule has 3 rings (SSSR count). The molecule has 7 nitrogen and oxygen atoms in total. The predicted molar refractivity (Wildman–Crippen MR) is 117 cm³/mol. The molecule has 0 aliphatic heterocycles. The van der Waals surface area contributed by atoms with Gasteiger partial charge < -0.3 is 0 Å². The highest BCUT2D eigenvalue weighted by Crippen LogP contribution is 2.30. The zero-order valence-corrected chi connectivity index (χ0v) is 18.5. The Labute approximate surface area is 182 Å². The quantitative estimate of drug-likeness (QED) is 0.579. The van der Waals surface area contributed by atoms with Crippen molar-refractivity contribution in [2.24, 2.45) is 0 Å². The number of sulfonamides is 1. The average Bonchev–Trinajstić information content (AvgIpc) is 3.13. The van der Waals surface area contributed by atoms with E-state index >= 15 is 0 Å². The average molecular weight is 471 g/mol. The molecule has 0 saturated heterocycles. The summed E-state index contributed by atoms with van der Waals surface area (Å²) in [6.07, 6.45) is 1.01. The maximum atomic E-state index is 12.7. The standard InChI is InChI=1S/C18H16Cl2N4O3S2/c1-11(24(29(2,26)27)13-8-9-14(19)15(20)10-13)16(25)21-18-23-22-17(28-18)12-6-4-3-5-7-12/h3-11H,1-2H3,(H,21,23,25)/t11-/m0/s1. The van der Waals surface area contributed by atoms with Crippen molar-refractivity contribution in [1.82, 2.24) is 10.2 Å². The molecule has 0 saturated carbocycles. The summed E-state index contributed by atoms with van der Waals surface area (Å²) >= 11 is 13.1. The summed E-state index contributed by atoms with van der Waals surface area (Å²) in [6, 6.07) is 12.7. The van der Waals surface area contributed by atoms with Crippen LogP contribution >= 0.6 is 34.5 Å². The van der Waals surface area contributed by atoms with Gasteiger partial charge in [-0.05, 0) is 25.1 Å². The molecule has 0 aliphatic rings. The monoisotopic (exact) mass is 470 g/mol. The van der Waals surface area contributed by atoms with Gasteiger partial charge in [-0.1, -0.05) is 64.9 Å². The summed E-state index contributed by atoms with van der Waals surface area (Å²) in [4.78, 5) is 12.7. The first-order chi connectivity index (χ1) is 13.7. The number of benzene rings is 2. The first-order valence-corrected chi connectivity index (χ1v) is 11.7. The Balaban J connectivity index is 1.83. The van der Waals surface area contributed by atoms with Gasteiger partial charge in [0.05, 0.1) is 22.0 Å². The van der Waals surface area contributed by atoms with E-state index < -0.39 is 22.0 Å². The topological polar surface area (TPSA) is 92.3 Å². The van der Waals surface area contributed by atoms with Crippen LogP contribution in [0.3, 0.4) is 0 Å². The van der Waals surface area contributed by atoms with Crippen LogP contribution in [0, 0.1) is 0 Å². The third-order valence-corrected chi connectivity index (χ3v) is 6.79. The Kier molecular flexibility index (Phi) is 6.42. The highest BCUT2D eigenvalue weighted by Gasteiger charge is 2.30. The molecule has 0 radical (unpaired) electrons.